The number of aliphatic carboxylic acids is 1. The minimum Gasteiger partial charge on any atom is -0.480 e. The van der Waals surface area contributed by atoms with Crippen LogP contribution in [0.25, 0.3) is 0 Å². The summed E-state index contributed by atoms with van der Waals surface area (Å²) >= 11 is 0. The molecule has 0 aromatic heterocycles. The van der Waals surface area contributed by atoms with Crippen LogP contribution in [0.4, 0.5) is 9.18 Å². The quantitative estimate of drug-likeness (QED) is 0.752. The van der Waals surface area contributed by atoms with E-state index in [0.29, 0.717) is 6.42 Å². The Morgan fingerprint density at radius 2 is 1.71 bits per heavy atom. The zero-order valence-corrected chi connectivity index (χ0v) is 12.4. The third-order valence-corrected chi connectivity index (χ3v) is 3.05. The van der Waals surface area contributed by atoms with Crippen LogP contribution in [-0.2, 0) is 11.2 Å². The highest BCUT2D eigenvalue weighted by Gasteiger charge is 2.23. The van der Waals surface area contributed by atoms with E-state index in [1.54, 1.807) is 32.9 Å². The lowest BCUT2D eigenvalue weighted by Crippen LogP contribution is -2.50. The normalized spacial score (nSPS) is 13.6. The summed E-state index contributed by atoms with van der Waals surface area (Å²) in [6.07, 6.45) is 0.535. The van der Waals surface area contributed by atoms with Gasteiger partial charge in [0.15, 0.2) is 0 Å². The Morgan fingerprint density at radius 1 is 1.14 bits per heavy atom. The number of rotatable bonds is 6. The van der Waals surface area contributed by atoms with Crippen LogP contribution in [0.15, 0.2) is 24.3 Å². The molecule has 0 bridgehead atoms. The fourth-order valence-electron chi connectivity index (χ4n) is 1.95. The maximum Gasteiger partial charge on any atom is 0.326 e. The molecule has 2 atom stereocenters. The molecule has 1 aromatic rings. The lowest BCUT2D eigenvalue weighted by molar-refractivity contribution is -0.140. The topological polar surface area (TPSA) is 78.4 Å². The van der Waals surface area contributed by atoms with E-state index in [9.17, 15) is 14.0 Å². The number of amides is 2. The highest BCUT2D eigenvalue weighted by molar-refractivity contribution is 5.82. The van der Waals surface area contributed by atoms with Gasteiger partial charge in [0.25, 0.3) is 0 Å². The first-order valence-electron chi connectivity index (χ1n) is 6.84. The first kappa shape index (κ1) is 16.9. The van der Waals surface area contributed by atoms with Gasteiger partial charge in [0, 0.05) is 6.04 Å². The van der Waals surface area contributed by atoms with Gasteiger partial charge in [0.2, 0.25) is 0 Å². The van der Waals surface area contributed by atoms with Crippen molar-refractivity contribution in [2.75, 3.05) is 0 Å². The van der Waals surface area contributed by atoms with Gasteiger partial charge in [-0.15, -0.1) is 0 Å². The highest BCUT2D eigenvalue weighted by atomic mass is 19.1. The van der Waals surface area contributed by atoms with E-state index in [1.165, 1.54) is 12.1 Å². The number of benzene rings is 1. The van der Waals surface area contributed by atoms with Crippen molar-refractivity contribution in [3.8, 4) is 0 Å². The van der Waals surface area contributed by atoms with Crippen LogP contribution in [0.1, 0.15) is 26.3 Å². The molecule has 1 aromatic carbocycles. The first-order valence-corrected chi connectivity index (χ1v) is 6.84. The van der Waals surface area contributed by atoms with Crippen LogP contribution in [0.5, 0.6) is 0 Å². The van der Waals surface area contributed by atoms with E-state index in [4.69, 9.17) is 5.11 Å². The summed E-state index contributed by atoms with van der Waals surface area (Å²) < 4.78 is 12.8. The van der Waals surface area contributed by atoms with Crippen molar-refractivity contribution >= 4 is 12.0 Å². The number of urea groups is 1. The maximum atomic E-state index is 12.8. The van der Waals surface area contributed by atoms with Gasteiger partial charge in [-0.1, -0.05) is 26.0 Å². The average molecular weight is 296 g/mol. The standard InChI is InChI=1S/C15H21FN2O3/c1-9(2)13(14(19)20)18-15(21)17-10(3)8-11-4-6-12(16)7-5-11/h4-7,9-10,13H,8H2,1-3H3,(H,19,20)(H2,17,18,21). The third-order valence-electron chi connectivity index (χ3n) is 3.05. The fraction of sp³-hybridized carbons (Fsp3) is 0.467. The number of carboxylic acid groups (broad SMARTS) is 1. The minimum absolute atomic E-state index is 0.197. The largest absolute Gasteiger partial charge is 0.480 e. The van der Waals surface area contributed by atoms with Crippen LogP contribution < -0.4 is 10.6 Å². The fourth-order valence-corrected chi connectivity index (χ4v) is 1.95. The summed E-state index contributed by atoms with van der Waals surface area (Å²) in [7, 11) is 0. The lowest BCUT2D eigenvalue weighted by atomic mass is 10.1. The second-order valence-corrected chi connectivity index (χ2v) is 5.41. The summed E-state index contributed by atoms with van der Waals surface area (Å²) in [6, 6.07) is 4.38. The van der Waals surface area contributed by atoms with Crippen molar-refractivity contribution in [1.82, 2.24) is 10.6 Å². The second-order valence-electron chi connectivity index (χ2n) is 5.41. The summed E-state index contributed by atoms with van der Waals surface area (Å²) in [5.41, 5.74) is 0.892. The van der Waals surface area contributed by atoms with Gasteiger partial charge in [-0.05, 0) is 37.0 Å². The Hall–Kier alpha value is -2.11. The van der Waals surface area contributed by atoms with E-state index < -0.39 is 18.0 Å². The molecule has 0 aliphatic rings. The zero-order chi connectivity index (χ0) is 16.0. The Bertz CT molecular complexity index is 488. The number of hydrogen-bond acceptors (Lipinski definition) is 2. The molecule has 0 saturated heterocycles. The zero-order valence-electron chi connectivity index (χ0n) is 12.4. The number of carboxylic acids is 1. The van der Waals surface area contributed by atoms with E-state index in [2.05, 4.69) is 10.6 Å². The van der Waals surface area contributed by atoms with Gasteiger partial charge < -0.3 is 15.7 Å². The molecule has 0 aliphatic carbocycles. The van der Waals surface area contributed by atoms with Gasteiger partial charge in [0.1, 0.15) is 11.9 Å². The van der Waals surface area contributed by atoms with Crippen molar-refractivity contribution in [1.29, 1.82) is 0 Å². The molecule has 5 nitrogen and oxygen atoms in total. The molecule has 0 radical (unpaired) electrons. The molecule has 0 saturated carbocycles. The Balaban J connectivity index is 2.50. The van der Waals surface area contributed by atoms with Crippen LogP contribution >= 0.6 is 0 Å². The Morgan fingerprint density at radius 3 is 2.19 bits per heavy atom. The molecule has 2 unspecified atom stereocenters. The van der Waals surface area contributed by atoms with Crippen molar-refractivity contribution in [2.45, 2.75) is 39.3 Å². The SMILES string of the molecule is CC(Cc1ccc(F)cc1)NC(=O)NC(C(=O)O)C(C)C. The number of carbonyl (C=O) groups is 2. The molecule has 6 heteroatoms. The van der Waals surface area contributed by atoms with Crippen LogP contribution in [0.3, 0.4) is 0 Å². The number of carbonyl (C=O) groups excluding carboxylic acids is 1. The molecular formula is C15H21FN2O3. The smallest absolute Gasteiger partial charge is 0.326 e. The minimum atomic E-state index is -1.06. The first-order chi connectivity index (χ1) is 9.79. The van der Waals surface area contributed by atoms with E-state index in [1.807, 2.05) is 0 Å². The van der Waals surface area contributed by atoms with Gasteiger partial charge in [0.05, 0.1) is 0 Å². The van der Waals surface area contributed by atoms with Crippen molar-refractivity contribution in [3.05, 3.63) is 35.6 Å². The molecule has 3 N–H and O–H groups in total. The van der Waals surface area contributed by atoms with Gasteiger partial charge in [-0.2, -0.15) is 0 Å². The maximum absolute atomic E-state index is 12.8. The average Bonchev–Trinajstić information content (AvgIpc) is 2.38. The number of hydrogen-bond donors (Lipinski definition) is 3. The molecule has 0 fully saturated rings. The second kappa shape index (κ2) is 7.61. The van der Waals surface area contributed by atoms with Gasteiger partial charge in [-0.3, -0.25) is 0 Å². The molecule has 0 spiro atoms. The van der Waals surface area contributed by atoms with Crippen LogP contribution in [0, 0.1) is 11.7 Å². The number of nitrogens with one attached hydrogen (secondary N) is 2. The molecular weight excluding hydrogens is 275 g/mol. The molecule has 1 rings (SSSR count). The number of halogens is 1. The van der Waals surface area contributed by atoms with Crippen molar-refractivity contribution < 1.29 is 19.1 Å². The van der Waals surface area contributed by atoms with E-state index in [0.717, 1.165) is 5.56 Å². The third kappa shape index (κ3) is 5.81. The molecule has 0 heterocycles. The predicted octanol–water partition coefficient (Wildman–Crippen LogP) is 2.17. The molecule has 21 heavy (non-hydrogen) atoms. The van der Waals surface area contributed by atoms with E-state index >= 15 is 0 Å². The Kier molecular flexibility index (Phi) is 6.14. The monoisotopic (exact) mass is 296 g/mol. The highest BCUT2D eigenvalue weighted by Crippen LogP contribution is 2.06. The van der Waals surface area contributed by atoms with Crippen molar-refractivity contribution in [2.24, 2.45) is 5.92 Å². The summed E-state index contributed by atoms with van der Waals surface area (Å²) in [5.74, 6) is -1.58. The van der Waals surface area contributed by atoms with Gasteiger partial charge in [-0.25, -0.2) is 14.0 Å². The van der Waals surface area contributed by atoms with Crippen molar-refractivity contribution in [3.63, 3.8) is 0 Å². The summed E-state index contributed by atoms with van der Waals surface area (Å²) in [6.45, 7) is 5.25. The van der Waals surface area contributed by atoms with E-state index in [-0.39, 0.29) is 17.8 Å². The summed E-state index contributed by atoms with van der Waals surface area (Å²) in [4.78, 5) is 22.8. The lowest BCUT2D eigenvalue weighted by Gasteiger charge is -2.20. The van der Waals surface area contributed by atoms with Crippen LogP contribution in [-0.4, -0.2) is 29.2 Å². The predicted molar refractivity (Wildman–Crippen MR) is 77.5 cm³/mol. The Labute approximate surface area is 123 Å². The molecule has 2 amide bonds. The summed E-state index contributed by atoms with van der Waals surface area (Å²) in [5, 5.41) is 14.1. The molecule has 116 valence electrons. The molecule has 0 aliphatic heterocycles. The van der Waals surface area contributed by atoms with Crippen LogP contribution in [0.2, 0.25) is 0 Å². The van der Waals surface area contributed by atoms with Gasteiger partial charge >= 0.3 is 12.0 Å².